The third-order valence-corrected chi connectivity index (χ3v) is 2.39. The van der Waals surface area contributed by atoms with E-state index in [2.05, 4.69) is 0 Å². The molecule has 2 nitrogen and oxygen atoms in total. The molecule has 0 aliphatic carbocycles. The predicted molar refractivity (Wildman–Crippen MR) is 60.4 cm³/mol. The lowest BCUT2D eigenvalue weighted by Gasteiger charge is -2.03. The lowest BCUT2D eigenvalue weighted by molar-refractivity contribution is 0.463. The van der Waals surface area contributed by atoms with Crippen molar-refractivity contribution in [1.82, 2.24) is 0 Å². The van der Waals surface area contributed by atoms with Crippen molar-refractivity contribution in [1.29, 1.82) is 0 Å². The van der Waals surface area contributed by atoms with Crippen LogP contribution in [0, 0.1) is 0 Å². The van der Waals surface area contributed by atoms with Crippen LogP contribution in [0.4, 0.5) is 0 Å². The van der Waals surface area contributed by atoms with Gasteiger partial charge in [-0.1, -0.05) is 30.3 Å². The fourth-order valence-electron chi connectivity index (χ4n) is 1.54. The number of phenolic OH excluding ortho intramolecular Hbond substituents is 1. The van der Waals surface area contributed by atoms with Gasteiger partial charge in [-0.15, -0.1) is 0 Å². The van der Waals surface area contributed by atoms with Crippen molar-refractivity contribution < 1.29 is 10.2 Å². The van der Waals surface area contributed by atoms with E-state index in [0.29, 0.717) is 17.9 Å². The Morgan fingerprint density at radius 3 is 2.13 bits per heavy atom. The van der Waals surface area contributed by atoms with Gasteiger partial charge in [0.1, 0.15) is 5.75 Å². The van der Waals surface area contributed by atoms with Gasteiger partial charge in [0.2, 0.25) is 0 Å². The molecule has 3 N–H and O–H groups in total. The van der Waals surface area contributed by atoms with Gasteiger partial charge in [0.05, 0.1) is 5.56 Å². The number of phenols is 1. The summed E-state index contributed by atoms with van der Waals surface area (Å²) in [6.45, 7) is 0. The van der Waals surface area contributed by atoms with Crippen molar-refractivity contribution in [3.63, 3.8) is 0 Å². The van der Waals surface area contributed by atoms with Crippen molar-refractivity contribution in [2.45, 2.75) is 6.42 Å². The van der Waals surface area contributed by atoms with Gasteiger partial charge < -0.3 is 10.2 Å². The molecular weight excluding hydrogens is 188 g/mol. The van der Waals surface area contributed by atoms with E-state index >= 15 is 0 Å². The minimum Gasteiger partial charge on any atom is -0.593 e. The molecule has 0 unspecified atom stereocenters. The van der Waals surface area contributed by atoms with Gasteiger partial charge in [-0.25, -0.2) is 0 Å². The molecule has 0 aliphatic heterocycles. The average Bonchev–Trinajstić information content (AvgIpc) is 2.24. The van der Waals surface area contributed by atoms with Crippen LogP contribution in [0.1, 0.15) is 11.1 Å². The van der Waals surface area contributed by atoms with Crippen LogP contribution in [-0.4, -0.2) is 10.2 Å². The molecule has 76 valence electrons. The van der Waals surface area contributed by atoms with Gasteiger partial charge in [-0.2, -0.15) is 0 Å². The Hall–Kier alpha value is -1.96. The fourth-order valence-corrected chi connectivity index (χ4v) is 1.54. The topological polar surface area (TPSA) is 43.1 Å². The highest BCUT2D eigenvalue weighted by molar-refractivity contribution is 5.41. The summed E-state index contributed by atoms with van der Waals surface area (Å²) >= 11 is 0. The number of hydrogen-bond acceptors (Lipinski definition) is 1. The minimum absolute atomic E-state index is 0.292. The van der Waals surface area contributed by atoms with E-state index in [9.17, 15) is 5.11 Å². The van der Waals surface area contributed by atoms with Crippen LogP contribution >= 0.6 is 0 Å². The van der Waals surface area contributed by atoms with E-state index in [4.69, 9.17) is 5.11 Å². The highest BCUT2D eigenvalue weighted by atomic mass is 16.3. The van der Waals surface area contributed by atoms with Crippen LogP contribution in [0.5, 0.6) is 11.5 Å². The molecule has 0 bridgehead atoms. The van der Waals surface area contributed by atoms with Gasteiger partial charge in [0, 0.05) is 12.5 Å². The van der Waals surface area contributed by atoms with Crippen LogP contribution in [-0.2, 0) is 6.42 Å². The van der Waals surface area contributed by atoms with Crippen LogP contribution < -0.4 is 0 Å². The zero-order valence-electron chi connectivity index (χ0n) is 8.27. The number of hydrogen-bond donors (Lipinski definition) is 1. The number of benzene rings is 2. The van der Waals surface area contributed by atoms with E-state index < -0.39 is 0 Å². The summed E-state index contributed by atoms with van der Waals surface area (Å²) in [5.74, 6) is 0.807. The average molecular weight is 201 g/mol. The van der Waals surface area contributed by atoms with Crippen molar-refractivity contribution in [3.05, 3.63) is 59.7 Å². The summed E-state index contributed by atoms with van der Waals surface area (Å²) in [5, 5.41) is 17.3. The van der Waals surface area contributed by atoms with Gasteiger partial charge >= 0.3 is 0 Å². The number of aromatic hydroxyl groups is 1. The Balaban J connectivity index is 2.30. The molecule has 0 fully saturated rings. The summed E-state index contributed by atoms with van der Waals surface area (Å²) in [6, 6.07) is 14.7. The van der Waals surface area contributed by atoms with Crippen molar-refractivity contribution >= 4 is 0 Å². The lowest BCUT2D eigenvalue weighted by atomic mass is 10.0. The molecule has 2 rings (SSSR count). The first kappa shape index (κ1) is 9.59. The quantitative estimate of drug-likeness (QED) is 0.745. The highest BCUT2D eigenvalue weighted by Gasteiger charge is 2.07. The Bertz CT molecular complexity index is 420. The van der Waals surface area contributed by atoms with Crippen molar-refractivity contribution in [3.8, 4) is 11.5 Å². The molecule has 0 spiro atoms. The lowest BCUT2D eigenvalue weighted by Crippen LogP contribution is -1.88. The molecule has 2 heteroatoms. The Kier molecular flexibility index (Phi) is 2.59. The van der Waals surface area contributed by atoms with E-state index in [1.54, 1.807) is 18.2 Å². The molecular formula is C13H13O2+. The highest BCUT2D eigenvalue weighted by Crippen LogP contribution is 2.24. The Labute approximate surface area is 88.4 Å². The summed E-state index contributed by atoms with van der Waals surface area (Å²) in [5.41, 5.74) is 1.79. The van der Waals surface area contributed by atoms with Crippen LogP contribution in [0.2, 0.25) is 0 Å². The summed E-state index contributed by atoms with van der Waals surface area (Å²) < 4.78 is 0. The fraction of sp³-hybridized carbons (Fsp3) is 0.0769. The van der Waals surface area contributed by atoms with Crippen LogP contribution in [0.25, 0.3) is 0 Å². The largest absolute Gasteiger partial charge is 0.593 e. The van der Waals surface area contributed by atoms with Crippen LogP contribution in [0.3, 0.4) is 0 Å². The molecule has 2 aromatic carbocycles. The SMILES string of the molecule is Oc1ccccc1Cc1ccccc1[OH2+]. The molecule has 0 saturated carbocycles. The van der Waals surface area contributed by atoms with E-state index in [1.807, 2.05) is 30.3 Å². The van der Waals surface area contributed by atoms with E-state index in [1.165, 1.54) is 0 Å². The molecule has 0 aromatic heterocycles. The van der Waals surface area contributed by atoms with Gasteiger partial charge in [0.15, 0.2) is 0 Å². The normalized spacial score (nSPS) is 10.1. The first-order chi connectivity index (χ1) is 7.27. The molecule has 15 heavy (non-hydrogen) atoms. The van der Waals surface area contributed by atoms with Gasteiger partial charge in [0.25, 0.3) is 5.75 Å². The monoisotopic (exact) mass is 201 g/mol. The summed E-state index contributed by atoms with van der Waals surface area (Å²) in [7, 11) is 0. The Morgan fingerprint density at radius 1 is 0.867 bits per heavy atom. The van der Waals surface area contributed by atoms with Crippen molar-refractivity contribution in [2.24, 2.45) is 0 Å². The molecule has 2 aromatic rings. The standard InChI is InChI=1S/C13H12O2/c14-12-7-3-1-5-10(12)9-11-6-2-4-8-13(11)15/h1-8,14-15H,9H2/p+1. The zero-order chi connectivity index (χ0) is 10.7. The maximum atomic E-state index is 9.60. The maximum Gasteiger partial charge on any atom is 0.257 e. The first-order valence-electron chi connectivity index (χ1n) is 4.84. The zero-order valence-corrected chi connectivity index (χ0v) is 8.27. The molecule has 0 aliphatic rings. The van der Waals surface area contributed by atoms with Crippen LogP contribution in [0.15, 0.2) is 48.5 Å². The maximum absolute atomic E-state index is 9.60. The smallest absolute Gasteiger partial charge is 0.257 e. The molecule has 0 amide bonds. The second kappa shape index (κ2) is 4.05. The first-order valence-corrected chi connectivity index (χ1v) is 4.84. The second-order valence-corrected chi connectivity index (χ2v) is 3.46. The third-order valence-electron chi connectivity index (χ3n) is 2.39. The van der Waals surface area contributed by atoms with Gasteiger partial charge in [-0.3, -0.25) is 0 Å². The van der Waals surface area contributed by atoms with Crippen molar-refractivity contribution in [2.75, 3.05) is 0 Å². The van der Waals surface area contributed by atoms with Gasteiger partial charge in [-0.05, 0) is 17.7 Å². The second-order valence-electron chi connectivity index (χ2n) is 3.46. The number of para-hydroxylation sites is 2. The number of rotatable bonds is 2. The molecule has 0 atom stereocenters. The molecule has 0 heterocycles. The molecule has 0 radical (unpaired) electrons. The van der Waals surface area contributed by atoms with E-state index in [0.717, 1.165) is 11.1 Å². The molecule has 0 saturated heterocycles. The predicted octanol–water partition coefficient (Wildman–Crippen LogP) is 2.42. The minimum atomic E-state index is 0.292. The van der Waals surface area contributed by atoms with E-state index in [-0.39, 0.29) is 0 Å². The summed E-state index contributed by atoms with van der Waals surface area (Å²) in [6.07, 6.45) is 0.604. The third kappa shape index (κ3) is 2.10. The summed E-state index contributed by atoms with van der Waals surface area (Å²) in [4.78, 5) is 0. The Morgan fingerprint density at radius 2 is 1.47 bits per heavy atom.